The zero-order valence-corrected chi connectivity index (χ0v) is 9.10. The van der Waals surface area contributed by atoms with Gasteiger partial charge in [0.15, 0.2) is 0 Å². The first kappa shape index (κ1) is 11.1. The third kappa shape index (κ3) is 2.07. The lowest BCUT2D eigenvalue weighted by Gasteiger charge is -2.33. The Morgan fingerprint density at radius 2 is 1.94 bits per heavy atom. The van der Waals surface area contributed by atoms with Gasteiger partial charge in [0.2, 0.25) is 0 Å². The number of carboxylic acids is 1. The van der Waals surface area contributed by atoms with Crippen LogP contribution < -0.4 is 5.73 Å². The minimum Gasteiger partial charge on any atom is -0.480 e. The Morgan fingerprint density at radius 1 is 1.38 bits per heavy atom. The van der Waals surface area contributed by atoms with E-state index in [1.807, 2.05) is 12.1 Å². The minimum absolute atomic E-state index is 0.430. The number of pyridine rings is 1. The van der Waals surface area contributed by atoms with Crippen LogP contribution in [0, 0.1) is 0 Å². The maximum absolute atomic E-state index is 11.0. The largest absolute Gasteiger partial charge is 0.480 e. The zero-order valence-electron chi connectivity index (χ0n) is 9.10. The normalized spacial score (nSPS) is 29.9. The van der Waals surface area contributed by atoms with Crippen LogP contribution in [0.4, 0.5) is 0 Å². The van der Waals surface area contributed by atoms with Gasteiger partial charge in [-0.3, -0.25) is 9.78 Å². The molecule has 1 aliphatic rings. The van der Waals surface area contributed by atoms with Crippen LogP contribution in [-0.2, 0) is 4.79 Å². The van der Waals surface area contributed by atoms with Crippen molar-refractivity contribution < 1.29 is 9.90 Å². The smallest absolute Gasteiger partial charge is 0.323 e. The molecule has 86 valence electrons. The highest BCUT2D eigenvalue weighted by Gasteiger charge is 2.38. The van der Waals surface area contributed by atoms with Gasteiger partial charge in [0.1, 0.15) is 5.54 Å². The molecule has 0 radical (unpaired) electrons. The lowest BCUT2D eigenvalue weighted by Crippen LogP contribution is -2.50. The average Bonchev–Trinajstić information content (AvgIpc) is 2.31. The van der Waals surface area contributed by atoms with Crippen LogP contribution in [0.25, 0.3) is 0 Å². The second kappa shape index (κ2) is 4.22. The molecule has 0 aliphatic heterocycles. The lowest BCUT2D eigenvalue weighted by atomic mass is 9.75. The quantitative estimate of drug-likeness (QED) is 0.792. The molecule has 1 aromatic rings. The molecule has 1 saturated carbocycles. The standard InChI is InChI=1S/C12H16N2O2/c13-12(11(15)16)5-1-9(2-6-12)10-3-7-14-8-4-10/h3-4,7-9H,1-2,5-6,13H2,(H,15,16). The molecule has 2 rings (SSSR count). The summed E-state index contributed by atoms with van der Waals surface area (Å²) in [5, 5.41) is 9.02. The molecule has 1 fully saturated rings. The number of rotatable bonds is 2. The summed E-state index contributed by atoms with van der Waals surface area (Å²) in [5.74, 6) is -0.445. The summed E-state index contributed by atoms with van der Waals surface area (Å²) in [6.07, 6.45) is 6.33. The molecule has 1 aromatic heterocycles. The number of nitrogens with two attached hydrogens (primary N) is 1. The fourth-order valence-electron chi connectivity index (χ4n) is 2.32. The van der Waals surface area contributed by atoms with Gasteiger partial charge in [0, 0.05) is 12.4 Å². The van der Waals surface area contributed by atoms with E-state index in [0.717, 1.165) is 12.8 Å². The first-order valence-corrected chi connectivity index (χ1v) is 5.54. The molecule has 0 spiro atoms. The van der Waals surface area contributed by atoms with Crippen molar-refractivity contribution in [3.05, 3.63) is 30.1 Å². The van der Waals surface area contributed by atoms with Crippen LogP contribution in [0.2, 0.25) is 0 Å². The summed E-state index contributed by atoms with van der Waals surface area (Å²) < 4.78 is 0. The van der Waals surface area contributed by atoms with E-state index >= 15 is 0 Å². The highest BCUT2D eigenvalue weighted by Crippen LogP contribution is 2.36. The highest BCUT2D eigenvalue weighted by atomic mass is 16.4. The summed E-state index contributed by atoms with van der Waals surface area (Å²) >= 11 is 0. The number of hydrogen-bond acceptors (Lipinski definition) is 3. The molecular formula is C12H16N2O2. The number of hydrogen-bond donors (Lipinski definition) is 2. The Labute approximate surface area is 94.5 Å². The molecule has 0 amide bonds. The van der Waals surface area contributed by atoms with Crippen molar-refractivity contribution >= 4 is 5.97 Å². The highest BCUT2D eigenvalue weighted by molar-refractivity contribution is 5.78. The van der Waals surface area contributed by atoms with Crippen LogP contribution in [0.15, 0.2) is 24.5 Å². The van der Waals surface area contributed by atoms with E-state index in [0.29, 0.717) is 18.8 Å². The Kier molecular flexibility index (Phi) is 2.92. The second-order valence-electron chi connectivity index (χ2n) is 4.52. The van der Waals surface area contributed by atoms with Crippen molar-refractivity contribution in [3.63, 3.8) is 0 Å². The fourth-order valence-corrected chi connectivity index (χ4v) is 2.32. The van der Waals surface area contributed by atoms with Crippen LogP contribution in [0.5, 0.6) is 0 Å². The van der Waals surface area contributed by atoms with Gasteiger partial charge in [-0.1, -0.05) is 0 Å². The average molecular weight is 220 g/mol. The SMILES string of the molecule is NC1(C(=O)O)CCC(c2ccncc2)CC1. The lowest BCUT2D eigenvalue weighted by molar-refractivity contribution is -0.144. The van der Waals surface area contributed by atoms with Crippen LogP contribution in [0.3, 0.4) is 0 Å². The molecule has 0 saturated heterocycles. The van der Waals surface area contributed by atoms with E-state index in [2.05, 4.69) is 4.98 Å². The number of nitrogens with zero attached hydrogens (tertiary/aromatic N) is 1. The van der Waals surface area contributed by atoms with E-state index in [1.165, 1.54) is 5.56 Å². The van der Waals surface area contributed by atoms with Crippen molar-refractivity contribution in [2.75, 3.05) is 0 Å². The predicted molar refractivity (Wildman–Crippen MR) is 60.0 cm³/mol. The summed E-state index contributed by atoms with van der Waals surface area (Å²) in [7, 11) is 0. The summed E-state index contributed by atoms with van der Waals surface area (Å²) in [6, 6.07) is 3.99. The molecule has 0 bridgehead atoms. The molecule has 0 atom stereocenters. The molecular weight excluding hydrogens is 204 g/mol. The zero-order chi connectivity index (χ0) is 11.6. The van der Waals surface area contributed by atoms with Gasteiger partial charge in [-0.05, 0) is 49.3 Å². The molecule has 1 heterocycles. The maximum atomic E-state index is 11.0. The predicted octanol–water partition coefficient (Wildman–Crippen LogP) is 1.52. The third-order valence-corrected chi connectivity index (χ3v) is 3.48. The maximum Gasteiger partial charge on any atom is 0.323 e. The first-order valence-electron chi connectivity index (χ1n) is 5.54. The van der Waals surface area contributed by atoms with Crippen molar-refractivity contribution in [3.8, 4) is 0 Å². The van der Waals surface area contributed by atoms with Gasteiger partial charge >= 0.3 is 5.97 Å². The number of aromatic nitrogens is 1. The van der Waals surface area contributed by atoms with Gasteiger partial charge in [0.05, 0.1) is 0 Å². The van der Waals surface area contributed by atoms with Crippen molar-refractivity contribution in [1.29, 1.82) is 0 Å². The van der Waals surface area contributed by atoms with Crippen LogP contribution in [0.1, 0.15) is 37.2 Å². The Balaban J connectivity index is 2.03. The van der Waals surface area contributed by atoms with Gasteiger partial charge < -0.3 is 10.8 Å². The summed E-state index contributed by atoms with van der Waals surface area (Å²) in [5.41, 5.74) is 6.06. The Hall–Kier alpha value is -1.42. The van der Waals surface area contributed by atoms with Gasteiger partial charge in [-0.15, -0.1) is 0 Å². The summed E-state index contributed by atoms with van der Waals surface area (Å²) in [6.45, 7) is 0. The second-order valence-corrected chi connectivity index (χ2v) is 4.52. The fraction of sp³-hybridized carbons (Fsp3) is 0.500. The van der Waals surface area contributed by atoms with Crippen LogP contribution >= 0.6 is 0 Å². The molecule has 16 heavy (non-hydrogen) atoms. The van der Waals surface area contributed by atoms with Gasteiger partial charge in [-0.25, -0.2) is 0 Å². The summed E-state index contributed by atoms with van der Waals surface area (Å²) in [4.78, 5) is 15.0. The van der Waals surface area contributed by atoms with Crippen molar-refractivity contribution in [2.24, 2.45) is 5.73 Å². The van der Waals surface area contributed by atoms with E-state index < -0.39 is 11.5 Å². The number of aliphatic carboxylic acids is 1. The van der Waals surface area contributed by atoms with Crippen molar-refractivity contribution in [2.45, 2.75) is 37.1 Å². The van der Waals surface area contributed by atoms with Gasteiger partial charge in [0.25, 0.3) is 0 Å². The van der Waals surface area contributed by atoms with Crippen LogP contribution in [-0.4, -0.2) is 21.6 Å². The third-order valence-electron chi connectivity index (χ3n) is 3.48. The molecule has 3 N–H and O–H groups in total. The molecule has 0 unspecified atom stereocenters. The molecule has 1 aliphatic carbocycles. The molecule has 4 heteroatoms. The molecule has 0 aromatic carbocycles. The van der Waals surface area contributed by atoms with Crippen molar-refractivity contribution in [1.82, 2.24) is 4.98 Å². The Morgan fingerprint density at radius 3 is 2.44 bits per heavy atom. The number of carboxylic acid groups (broad SMARTS) is 1. The van der Waals surface area contributed by atoms with E-state index in [4.69, 9.17) is 10.8 Å². The molecule has 4 nitrogen and oxygen atoms in total. The topological polar surface area (TPSA) is 76.2 Å². The van der Waals surface area contributed by atoms with E-state index in [9.17, 15) is 4.79 Å². The Bertz CT molecular complexity index is 370. The van der Waals surface area contributed by atoms with E-state index in [-0.39, 0.29) is 0 Å². The minimum atomic E-state index is -1.01. The monoisotopic (exact) mass is 220 g/mol. The van der Waals surface area contributed by atoms with Gasteiger partial charge in [-0.2, -0.15) is 0 Å². The van der Waals surface area contributed by atoms with E-state index in [1.54, 1.807) is 12.4 Å². The first-order chi connectivity index (χ1) is 7.62. The number of carbonyl (C=O) groups is 1.